The highest BCUT2D eigenvalue weighted by Gasteiger charge is 2.61. The molecule has 0 spiro atoms. The van der Waals surface area contributed by atoms with Crippen molar-refractivity contribution in [1.82, 2.24) is 0 Å². The van der Waals surface area contributed by atoms with Crippen LogP contribution >= 0.6 is 23.5 Å². The first-order valence-electron chi connectivity index (χ1n) is 28.4. The van der Waals surface area contributed by atoms with Crippen molar-refractivity contribution in [3.05, 3.63) is 0 Å². The quantitative estimate of drug-likeness (QED) is 0.0724. The van der Waals surface area contributed by atoms with Gasteiger partial charge < -0.3 is 185 Å². The Morgan fingerprint density at radius 3 is 0.844 bits per heavy atom. The summed E-state index contributed by atoms with van der Waals surface area (Å²) >= 11 is 1.59. The van der Waals surface area contributed by atoms with Crippen molar-refractivity contribution in [2.24, 2.45) is 11.5 Å². The highest BCUT2D eigenvalue weighted by Crippen LogP contribution is 2.42. The van der Waals surface area contributed by atoms with E-state index in [0.29, 0.717) is 0 Å². The lowest BCUT2D eigenvalue weighted by atomic mass is 9.91. The van der Waals surface area contributed by atoms with Crippen molar-refractivity contribution in [2.75, 3.05) is 56.0 Å². The molecule has 25 N–H and O–H groups in total. The van der Waals surface area contributed by atoms with Gasteiger partial charge in [-0.2, -0.15) is 23.5 Å². The van der Waals surface area contributed by atoms with Gasteiger partial charge in [-0.15, -0.1) is 0 Å². The molecular formula is C49H82N2O37S2. The first-order chi connectivity index (χ1) is 42.5. The molecule has 15 aliphatic rings. The number of hydrogen-bond donors (Lipinski definition) is 23. The minimum absolute atomic E-state index is 0.321. The van der Waals surface area contributed by atoms with Crippen molar-refractivity contribution in [3.63, 3.8) is 0 Å². The average Bonchev–Trinajstić information content (AvgIpc) is 0.813. The number of thioether (sulfide) groups is 2. The molecule has 0 radical (unpaired) electrons. The van der Waals surface area contributed by atoms with Crippen LogP contribution in [0.5, 0.6) is 0 Å². The number of ether oxygens (including phenoxy) is 14. The Bertz CT molecular complexity index is 2280. The summed E-state index contributed by atoms with van der Waals surface area (Å²) in [6, 6.07) is -2.94. The van der Waals surface area contributed by atoms with Crippen LogP contribution in [-0.2, 0) is 75.9 Å². The second kappa shape index (κ2) is 31.6. The van der Waals surface area contributed by atoms with Gasteiger partial charge in [-0.1, -0.05) is 0 Å². The van der Waals surface area contributed by atoms with Gasteiger partial charge >= 0.3 is 11.9 Å². The maximum Gasteiger partial charge on any atom is 0.321 e. The number of fused-ring (bicyclic) bond motifs is 7. The molecule has 0 aliphatic carbocycles. The Morgan fingerprint density at radius 2 is 0.578 bits per heavy atom. The third-order valence-corrected chi connectivity index (χ3v) is 18.9. The molecule has 21 unspecified atom stereocenters. The number of hydrogen-bond acceptors (Lipinski definition) is 39. The van der Waals surface area contributed by atoms with Crippen LogP contribution in [0.2, 0.25) is 0 Å². The van der Waals surface area contributed by atoms with Crippen LogP contribution in [0.3, 0.4) is 0 Å². The molecule has 15 rings (SSSR count). The summed E-state index contributed by atoms with van der Waals surface area (Å²) in [5.74, 6) is -6.86. The zero-order chi connectivity index (χ0) is 66.1. The van der Waals surface area contributed by atoms with E-state index in [2.05, 4.69) is 0 Å². The minimum atomic E-state index is -2.58. The van der Waals surface area contributed by atoms with Crippen LogP contribution < -0.4 is 11.5 Å². The van der Waals surface area contributed by atoms with Crippen molar-refractivity contribution in [3.8, 4) is 0 Å². The number of carboxylic acids is 2. The predicted molar refractivity (Wildman–Crippen MR) is 285 cm³/mol. The first kappa shape index (κ1) is 74.0. The molecule has 0 aromatic heterocycles. The monoisotopic (exact) mass is 1350 g/mol. The van der Waals surface area contributed by atoms with E-state index >= 15 is 0 Å². The van der Waals surface area contributed by atoms with E-state index in [1.54, 1.807) is 0 Å². The zero-order valence-electron chi connectivity index (χ0n) is 47.5. The molecule has 15 aliphatic heterocycles. The highest BCUT2D eigenvalue weighted by atomic mass is 32.2. The Morgan fingerprint density at radius 1 is 0.344 bits per heavy atom. The molecule has 39 nitrogen and oxygen atoms in total. The summed E-state index contributed by atoms with van der Waals surface area (Å²) in [5, 5.41) is 234. The average molecular weight is 1360 g/mol. The molecule has 15 fully saturated rings. The molecule has 0 amide bonds. The van der Waals surface area contributed by atoms with Crippen LogP contribution in [0.25, 0.3) is 0 Å². The van der Waals surface area contributed by atoms with Crippen molar-refractivity contribution < 1.29 is 183 Å². The van der Waals surface area contributed by atoms with Crippen LogP contribution in [-0.4, -0.2) is 402 Å². The lowest BCUT2D eigenvalue weighted by Gasteiger charge is -2.53. The van der Waals surface area contributed by atoms with E-state index in [9.17, 15) is 117 Å². The fourth-order valence-corrected chi connectivity index (χ4v) is 13.5. The van der Waals surface area contributed by atoms with Crippen LogP contribution in [0.1, 0.15) is 6.92 Å². The van der Waals surface area contributed by atoms with Crippen molar-refractivity contribution in [1.29, 1.82) is 0 Å². The largest absolute Gasteiger partial charge is 0.480 e. The zero-order valence-corrected chi connectivity index (χ0v) is 49.2. The second-order valence-corrected chi connectivity index (χ2v) is 25.0. The maximum atomic E-state index is 11.8. The Labute approximate surface area is 518 Å². The Kier molecular flexibility index (Phi) is 26.0. The normalized spacial score (nSPS) is 50.6. The van der Waals surface area contributed by atoms with Crippen LogP contribution in [0.15, 0.2) is 0 Å². The number of aliphatic hydroxyl groups excluding tert-OH is 19. The summed E-state index contributed by atoms with van der Waals surface area (Å²) in [4.78, 5) is 23.2. The highest BCUT2D eigenvalue weighted by molar-refractivity contribution is 7.99. The van der Waals surface area contributed by atoms with Gasteiger partial charge in [0.15, 0.2) is 43.5 Å². The summed E-state index contributed by atoms with van der Waals surface area (Å²) in [6.07, 6.45) is -69.6. The maximum absolute atomic E-state index is 11.8. The van der Waals surface area contributed by atoms with Gasteiger partial charge in [-0.3, -0.25) is 9.59 Å². The number of carbonyl (C=O) groups is 2. The van der Waals surface area contributed by atoms with E-state index in [1.807, 2.05) is 0 Å². The molecule has 0 saturated carbocycles. The summed E-state index contributed by atoms with van der Waals surface area (Å²) in [7, 11) is 0. The van der Waals surface area contributed by atoms with E-state index in [-0.39, 0.29) is 11.5 Å². The van der Waals surface area contributed by atoms with Gasteiger partial charge in [0.1, 0.15) is 171 Å². The topological polar surface area (TPSA) is 640 Å². The molecule has 37 atom stereocenters. The van der Waals surface area contributed by atoms with Crippen molar-refractivity contribution in [2.45, 2.75) is 233 Å². The number of rotatable bonds is 15. The summed E-state index contributed by atoms with van der Waals surface area (Å²) in [6.45, 7) is -4.47. The van der Waals surface area contributed by atoms with E-state index in [1.165, 1.54) is 0 Å². The van der Waals surface area contributed by atoms with E-state index in [0.717, 1.165) is 30.4 Å². The van der Waals surface area contributed by atoms with E-state index in [4.69, 9.17) is 77.8 Å². The lowest BCUT2D eigenvalue weighted by Crippen LogP contribution is -2.71. The van der Waals surface area contributed by atoms with Gasteiger partial charge in [0.2, 0.25) is 0 Å². The third-order valence-electron chi connectivity index (χ3n) is 16.6. The third kappa shape index (κ3) is 15.6. The summed E-state index contributed by atoms with van der Waals surface area (Å²) < 4.78 is 82.2. The molecule has 0 aromatic carbocycles. The molecule has 90 heavy (non-hydrogen) atoms. The van der Waals surface area contributed by atoms with Gasteiger partial charge in [0, 0.05) is 23.0 Å². The van der Waals surface area contributed by atoms with Gasteiger partial charge in [0.05, 0.1) is 45.2 Å². The molecule has 41 heteroatoms. The first-order valence-corrected chi connectivity index (χ1v) is 30.8. The molecule has 522 valence electrons. The smallest absolute Gasteiger partial charge is 0.321 e. The minimum Gasteiger partial charge on any atom is -0.480 e. The number of carboxylic acid groups (broad SMARTS) is 2. The fourth-order valence-electron chi connectivity index (χ4n) is 11.5. The Hall–Kier alpha value is -1.76. The number of nitrogens with two attached hydrogens (primary N) is 2. The van der Waals surface area contributed by atoms with Gasteiger partial charge in [0.25, 0.3) is 0 Å². The van der Waals surface area contributed by atoms with Crippen LogP contribution in [0.4, 0.5) is 0 Å². The van der Waals surface area contributed by atoms with Crippen molar-refractivity contribution >= 4 is 35.5 Å². The second-order valence-electron chi connectivity index (χ2n) is 22.8. The van der Waals surface area contributed by atoms with Gasteiger partial charge in [-0.05, 0) is 6.92 Å². The van der Waals surface area contributed by atoms with E-state index < -0.39 is 283 Å². The fraction of sp³-hybridized carbons (Fsp3) is 0.959. The molecule has 14 bridgehead atoms. The van der Waals surface area contributed by atoms with Gasteiger partial charge in [-0.25, -0.2) is 0 Å². The molecule has 15 saturated heterocycles. The molecule has 15 heterocycles. The standard InChI is InChI=1S/C49H82N2O37S2/c1-49-40(70)32(69)36(17(6-56)87-49)84-48-30(67)24(61)37(19(80-48)10-90-8-12(51)42(73)74)85-45-28(65)22(59)34(14(3-53)77-45)82-43-26(63)20(57)33(13(2-52)75-43)81-44-27(64)21(58)35(15(4-54)76-44)83-47-29(66)23(60)38(18(79-47)9-89-7-11(50)41(71)72)86-46-31(68)25(62)39(88-49)16(5-55)78-46/h11-40,43-48,52-70H,2-10,50-51H2,1H3,(H,71,72)(H,73,74)/t11-,12-,13?,14?,15?,16?,17?,18?,19?,20?,21?,22?,23?,24-,25?,26?,27?,28?,29?,30?,31?,32?,33-,34-,35-,36-,37-,38-,39-,40?,43+,44-,45-,46+,47+,48-,49?/m1/s1. The lowest BCUT2D eigenvalue weighted by molar-refractivity contribution is -0.418. The molecule has 0 aromatic rings. The Balaban J connectivity index is 1.12. The predicted octanol–water partition coefficient (Wildman–Crippen LogP) is -14.5. The number of aliphatic carboxylic acids is 2. The molecular weight excluding hydrogens is 1270 g/mol. The summed E-state index contributed by atoms with van der Waals surface area (Å²) in [5.41, 5.74) is 11.4. The number of aliphatic hydroxyl groups is 19. The van der Waals surface area contributed by atoms with Crippen LogP contribution in [0, 0.1) is 0 Å². The SMILES string of the molecule is CC12OC(CO)[C@@H](O[C@H]3OC(CSC[C@@H](N)C(=O)O)[C@@H](O[C@H]4OC(CO)[C@@H](O[C@@H]5OC(CO)[C@@H](O[C@H]6OC(CO)[C@@H](O[C@@H]7OC(CSC[C@@H](N)C(=O)O)[C@@H](O[C@@H]8OC(CO)[C@@H](O1)C(O)C8O)C(O)C7O)C(O)C6O)C(O)C5O)C(O)C4O)[C@H](O)C3O)C(O)C2O.